The van der Waals surface area contributed by atoms with Crippen molar-refractivity contribution < 1.29 is 119 Å². The number of aromatic nitrogens is 2. The number of Topliss-reactive ketones (excluding diaryl/α,β-unsaturated/α-hetero) is 1. The van der Waals surface area contributed by atoms with E-state index < -0.39 is 201 Å². The topological polar surface area (TPSA) is 33.8 Å². The zero-order valence-corrected chi connectivity index (χ0v) is 35.8. The molecule has 6 aromatic rings. The summed E-state index contributed by atoms with van der Waals surface area (Å²) in [6.45, 7) is -0.431. The van der Waals surface area contributed by atoms with Gasteiger partial charge in [-0.1, -0.05) is 78.9 Å². The molecule has 398 valence electrons. The van der Waals surface area contributed by atoms with Crippen LogP contribution in [0.2, 0.25) is 0 Å². The van der Waals surface area contributed by atoms with Crippen LogP contribution in [-0.4, -0.2) is 16.9 Å². The first-order chi connectivity index (χ1) is 33.6. The lowest BCUT2D eigenvalue weighted by Crippen LogP contribution is -2.75. The SMILES string of the molecule is FC(F)(F)c1cc([B-](c2cc(C(F)(F)F)cc(C(F)(F)F)c2)(c2cc(C(F)(F)F)cc(C(F)(F)F)c2)c2cc(C(F)(F)F)cc(C(F)(F)F)c2)cc(C(F)(F)F)c1.O=C(C[n+]1ccnc(CF)c1)c1ccccc1. The Morgan fingerprint density at radius 3 is 0.892 bits per heavy atom. The van der Waals surface area contributed by atoms with Crippen LogP contribution in [0.1, 0.15) is 60.6 Å². The van der Waals surface area contributed by atoms with Crippen molar-refractivity contribution in [2.45, 2.75) is 62.6 Å². The van der Waals surface area contributed by atoms with Crippen LogP contribution in [0.4, 0.5) is 110 Å². The Morgan fingerprint density at radius 1 is 0.405 bits per heavy atom. The molecule has 5 aromatic carbocycles. The van der Waals surface area contributed by atoms with Crippen molar-refractivity contribution in [1.29, 1.82) is 0 Å². The predicted molar refractivity (Wildman–Crippen MR) is 210 cm³/mol. The normalized spacial score (nSPS) is 13.4. The van der Waals surface area contributed by atoms with E-state index in [9.17, 15) is 115 Å². The average Bonchev–Trinajstić information content (AvgIpc) is 3.27. The predicted octanol–water partition coefficient (Wildman–Crippen LogP) is 12.9. The highest BCUT2D eigenvalue weighted by molar-refractivity contribution is 7.20. The second-order valence-corrected chi connectivity index (χ2v) is 15.9. The molecule has 0 aliphatic heterocycles. The summed E-state index contributed by atoms with van der Waals surface area (Å²) in [5, 5.41) is 0. The molecule has 29 heteroatoms. The number of nitrogens with zero attached hydrogens (tertiary/aromatic N) is 2. The summed E-state index contributed by atoms with van der Waals surface area (Å²) < 4.78 is 355. The van der Waals surface area contributed by atoms with Crippen LogP contribution in [0.25, 0.3) is 0 Å². The van der Waals surface area contributed by atoms with E-state index in [1.807, 2.05) is 18.2 Å². The minimum absolute atomic E-state index is 0.00777. The number of halogens is 25. The molecule has 0 amide bonds. The molecule has 0 unspecified atom stereocenters. The highest BCUT2D eigenvalue weighted by atomic mass is 19.4. The quantitative estimate of drug-likeness (QED) is 0.0659. The number of alkyl halides is 25. The number of rotatable bonds is 8. The van der Waals surface area contributed by atoms with Crippen LogP contribution in [0.5, 0.6) is 0 Å². The van der Waals surface area contributed by atoms with E-state index in [0.29, 0.717) is 11.3 Å². The van der Waals surface area contributed by atoms with Gasteiger partial charge in [0.25, 0.3) is 0 Å². The molecule has 0 saturated carbocycles. The van der Waals surface area contributed by atoms with E-state index in [4.69, 9.17) is 0 Å². The molecule has 0 bridgehead atoms. The summed E-state index contributed by atoms with van der Waals surface area (Å²) in [6, 6.07) is 0.210. The van der Waals surface area contributed by atoms with Crippen molar-refractivity contribution in [3.63, 3.8) is 0 Å². The highest BCUT2D eigenvalue weighted by Gasteiger charge is 2.47. The van der Waals surface area contributed by atoms with Gasteiger partial charge in [-0.25, -0.2) is 9.37 Å². The molecule has 1 aromatic heterocycles. The summed E-state index contributed by atoms with van der Waals surface area (Å²) in [4.78, 5) is 15.7. The van der Waals surface area contributed by atoms with Gasteiger partial charge in [-0.05, 0) is 24.3 Å². The number of benzene rings is 5. The second-order valence-electron chi connectivity index (χ2n) is 15.9. The molecule has 0 saturated heterocycles. The standard InChI is InChI=1S/C32H12BF24.C13H12FN2O/c34-25(35,36)13-1-14(26(37,38)39)6-21(5-13)33(22-7-15(27(40,41)42)2-16(8-22)28(43,44)45,23-9-17(29(46,47)48)3-18(10-23)30(49,50)51)24-11-19(31(52,53)54)4-20(12-24)32(55,56)57;14-8-12-9-16(7-6-15-12)10-13(17)11-4-2-1-3-5-11/h1-12H;1-7,9H,8,10H2/q-1;+1. The van der Waals surface area contributed by atoms with Gasteiger partial charge in [-0.15, -0.1) is 0 Å². The summed E-state index contributed by atoms with van der Waals surface area (Å²) in [6.07, 6.45) is -50.1. The van der Waals surface area contributed by atoms with Crippen LogP contribution >= 0.6 is 0 Å². The fourth-order valence-electron chi connectivity index (χ4n) is 7.60. The fraction of sp³-hybridized carbons (Fsp3) is 0.222. The summed E-state index contributed by atoms with van der Waals surface area (Å²) in [5.41, 5.74) is -29.2. The van der Waals surface area contributed by atoms with Gasteiger partial charge in [0.1, 0.15) is 18.5 Å². The number of carbonyl (C=O) groups excluding carboxylic acids is 1. The Hall–Kier alpha value is -6.84. The molecule has 3 nitrogen and oxygen atoms in total. The number of carbonyl (C=O) groups is 1. The van der Waals surface area contributed by atoms with Crippen LogP contribution < -0.4 is 26.4 Å². The largest absolute Gasteiger partial charge is 0.416 e. The number of ketones is 1. The van der Waals surface area contributed by atoms with Crippen molar-refractivity contribution in [2.75, 3.05) is 0 Å². The summed E-state index contributed by atoms with van der Waals surface area (Å²) in [5.74, 6) is -0.00777. The van der Waals surface area contributed by atoms with Gasteiger partial charge >= 0.3 is 49.4 Å². The third kappa shape index (κ3) is 13.5. The monoisotopic (exact) mass is 1090 g/mol. The van der Waals surface area contributed by atoms with Gasteiger partial charge in [-0.2, -0.15) is 132 Å². The summed E-state index contributed by atoms with van der Waals surface area (Å²) in [7, 11) is 0. The second kappa shape index (κ2) is 20.1. The van der Waals surface area contributed by atoms with Crippen LogP contribution in [-0.2, 0) is 62.6 Å². The minimum atomic E-state index is -6.13. The molecule has 0 aliphatic carbocycles. The highest BCUT2D eigenvalue weighted by Crippen LogP contribution is 2.41. The van der Waals surface area contributed by atoms with Gasteiger partial charge < -0.3 is 0 Å². The Labute approximate surface area is 397 Å². The lowest BCUT2D eigenvalue weighted by molar-refractivity contribution is -0.684. The van der Waals surface area contributed by atoms with E-state index in [1.54, 1.807) is 29.1 Å². The molecule has 0 spiro atoms. The third-order valence-corrected chi connectivity index (χ3v) is 10.8. The minimum Gasteiger partial charge on any atom is -0.287 e. The van der Waals surface area contributed by atoms with Crippen molar-refractivity contribution in [3.05, 3.63) is 177 Å². The zero-order chi connectivity index (χ0) is 56.0. The molecule has 6 rings (SSSR count). The Morgan fingerprint density at radius 2 is 0.662 bits per heavy atom. The van der Waals surface area contributed by atoms with E-state index in [2.05, 4.69) is 4.98 Å². The molecule has 1 heterocycles. The first kappa shape index (κ1) is 58.1. The molecule has 0 N–H and O–H groups in total. The van der Waals surface area contributed by atoms with Gasteiger partial charge in [-0.3, -0.25) is 4.79 Å². The fourth-order valence-corrected chi connectivity index (χ4v) is 7.60. The Kier molecular flexibility index (Phi) is 15.8. The van der Waals surface area contributed by atoms with E-state index in [1.165, 1.54) is 6.20 Å². The van der Waals surface area contributed by atoms with Crippen LogP contribution in [0.3, 0.4) is 0 Å². The molecule has 0 atom stereocenters. The maximum absolute atomic E-state index is 14.2. The van der Waals surface area contributed by atoms with Gasteiger partial charge in [0.2, 0.25) is 12.3 Å². The molecular weight excluding hydrogens is 1070 g/mol. The first-order valence-corrected chi connectivity index (χ1v) is 19.9. The maximum atomic E-state index is 14.2. The van der Waals surface area contributed by atoms with Crippen molar-refractivity contribution in [3.8, 4) is 0 Å². The lowest BCUT2D eigenvalue weighted by Gasteiger charge is -2.46. The molecule has 0 radical (unpaired) electrons. The van der Waals surface area contributed by atoms with E-state index in [-0.39, 0.29) is 12.3 Å². The van der Waals surface area contributed by atoms with E-state index >= 15 is 0 Å². The third-order valence-electron chi connectivity index (χ3n) is 10.8. The Balaban J connectivity index is 0.000000500. The summed E-state index contributed by atoms with van der Waals surface area (Å²) >= 11 is 0. The van der Waals surface area contributed by atoms with Gasteiger partial charge in [0.15, 0.2) is 12.4 Å². The molecule has 0 fully saturated rings. The van der Waals surface area contributed by atoms with Gasteiger partial charge in [0, 0.05) is 5.56 Å². The maximum Gasteiger partial charge on any atom is 0.416 e. The van der Waals surface area contributed by atoms with Gasteiger partial charge in [0.05, 0.1) is 50.7 Å². The molecule has 74 heavy (non-hydrogen) atoms. The lowest BCUT2D eigenvalue weighted by atomic mass is 9.12. The van der Waals surface area contributed by atoms with Crippen LogP contribution in [0.15, 0.2) is 122 Å². The Bertz CT molecular complexity index is 2540. The number of hydrogen-bond acceptors (Lipinski definition) is 2. The zero-order valence-electron chi connectivity index (χ0n) is 35.8. The van der Waals surface area contributed by atoms with Crippen molar-refractivity contribution >= 4 is 33.8 Å². The molecule has 0 aliphatic rings. The molecular formula is C45H24BF25N2O. The average molecular weight is 1090 g/mol. The first-order valence-electron chi connectivity index (χ1n) is 19.9. The van der Waals surface area contributed by atoms with E-state index in [0.717, 1.165) is 0 Å². The number of hydrogen-bond donors (Lipinski definition) is 0. The van der Waals surface area contributed by atoms with Crippen LogP contribution in [0, 0.1) is 0 Å². The smallest absolute Gasteiger partial charge is 0.287 e. The van der Waals surface area contributed by atoms with Crippen molar-refractivity contribution in [2.24, 2.45) is 0 Å². The van der Waals surface area contributed by atoms with Crippen molar-refractivity contribution in [1.82, 2.24) is 4.98 Å².